The Balaban J connectivity index is 2.52. The minimum Gasteiger partial charge on any atom is -0.394 e. The maximum Gasteiger partial charge on any atom is 0.0766 e. The Bertz CT molecular complexity index is 218. The molecule has 17 heavy (non-hydrogen) atoms. The van der Waals surface area contributed by atoms with Crippen molar-refractivity contribution in [2.75, 3.05) is 13.2 Å². The molecule has 0 bridgehead atoms. The highest BCUT2D eigenvalue weighted by Crippen LogP contribution is 2.32. The van der Waals surface area contributed by atoms with Gasteiger partial charge in [-0.3, -0.25) is 0 Å². The van der Waals surface area contributed by atoms with E-state index in [4.69, 9.17) is 0 Å². The lowest BCUT2D eigenvalue weighted by Crippen LogP contribution is -2.55. The largest absolute Gasteiger partial charge is 0.394 e. The molecule has 0 spiro atoms. The third-order valence-electron chi connectivity index (χ3n) is 4.64. The number of aliphatic hydroxyl groups is 2. The minimum absolute atomic E-state index is 0.148. The van der Waals surface area contributed by atoms with E-state index in [0.29, 0.717) is 6.54 Å². The van der Waals surface area contributed by atoms with E-state index in [-0.39, 0.29) is 12.1 Å². The highest BCUT2D eigenvalue weighted by atomic mass is 16.3. The van der Waals surface area contributed by atoms with E-state index in [2.05, 4.69) is 12.2 Å². The second kappa shape index (κ2) is 6.17. The molecule has 1 saturated carbocycles. The molecule has 3 heteroatoms. The fourth-order valence-corrected chi connectivity index (χ4v) is 2.56. The van der Waals surface area contributed by atoms with Crippen molar-refractivity contribution in [3.63, 3.8) is 0 Å². The maximum atomic E-state index is 10.3. The number of hydrogen-bond donors (Lipinski definition) is 3. The summed E-state index contributed by atoms with van der Waals surface area (Å²) in [4.78, 5) is 0. The summed E-state index contributed by atoms with van der Waals surface area (Å²) in [5, 5.41) is 23.4. The molecule has 3 nitrogen and oxygen atoms in total. The molecule has 0 amide bonds. The lowest BCUT2D eigenvalue weighted by Gasteiger charge is -2.41. The first-order valence-electron chi connectivity index (χ1n) is 7.07. The second-order valence-corrected chi connectivity index (χ2v) is 5.91. The molecule has 0 aliphatic heterocycles. The molecule has 1 aliphatic rings. The third-order valence-corrected chi connectivity index (χ3v) is 4.64. The van der Waals surface area contributed by atoms with Gasteiger partial charge in [-0.1, -0.05) is 20.8 Å². The normalized spacial score (nSPS) is 30.5. The molecule has 0 atom stereocenters. The highest BCUT2D eigenvalue weighted by Gasteiger charge is 2.35. The Morgan fingerprint density at radius 2 is 1.76 bits per heavy atom. The van der Waals surface area contributed by atoms with Crippen molar-refractivity contribution in [3.05, 3.63) is 0 Å². The van der Waals surface area contributed by atoms with Gasteiger partial charge in [0.25, 0.3) is 0 Å². The van der Waals surface area contributed by atoms with Crippen LogP contribution in [0.25, 0.3) is 0 Å². The summed E-state index contributed by atoms with van der Waals surface area (Å²) < 4.78 is 0. The molecule has 0 saturated heterocycles. The van der Waals surface area contributed by atoms with Crippen LogP contribution in [0.1, 0.15) is 59.3 Å². The summed E-state index contributed by atoms with van der Waals surface area (Å²) in [5.41, 5.74) is -0.768. The number of hydrogen-bond acceptors (Lipinski definition) is 3. The Hall–Kier alpha value is -0.120. The molecule has 1 fully saturated rings. The zero-order valence-electron chi connectivity index (χ0n) is 11.6. The fraction of sp³-hybridized carbons (Fsp3) is 1.00. The van der Waals surface area contributed by atoms with Crippen molar-refractivity contribution in [2.24, 2.45) is 5.92 Å². The van der Waals surface area contributed by atoms with Gasteiger partial charge in [-0.05, 0) is 44.4 Å². The van der Waals surface area contributed by atoms with Gasteiger partial charge in [-0.15, -0.1) is 0 Å². The van der Waals surface area contributed by atoms with Crippen LogP contribution in [-0.4, -0.2) is 34.5 Å². The topological polar surface area (TPSA) is 52.5 Å². The van der Waals surface area contributed by atoms with E-state index >= 15 is 0 Å². The second-order valence-electron chi connectivity index (χ2n) is 5.91. The van der Waals surface area contributed by atoms with E-state index in [9.17, 15) is 10.2 Å². The molecule has 0 aromatic heterocycles. The molecular weight excluding hydrogens is 214 g/mol. The summed E-state index contributed by atoms with van der Waals surface area (Å²) >= 11 is 0. The molecular formula is C14H29NO2. The van der Waals surface area contributed by atoms with E-state index in [1.54, 1.807) is 0 Å². The van der Waals surface area contributed by atoms with Crippen molar-refractivity contribution < 1.29 is 10.2 Å². The Morgan fingerprint density at radius 3 is 2.18 bits per heavy atom. The van der Waals surface area contributed by atoms with Gasteiger partial charge in [0.2, 0.25) is 0 Å². The van der Waals surface area contributed by atoms with Crippen LogP contribution in [0.4, 0.5) is 0 Å². The average molecular weight is 243 g/mol. The van der Waals surface area contributed by atoms with Gasteiger partial charge in [0, 0.05) is 12.1 Å². The third kappa shape index (κ3) is 3.94. The quantitative estimate of drug-likeness (QED) is 0.669. The lowest BCUT2D eigenvalue weighted by molar-refractivity contribution is 0.0106. The van der Waals surface area contributed by atoms with Crippen LogP contribution in [0.15, 0.2) is 0 Å². The zero-order chi connectivity index (χ0) is 12.9. The Labute approximate surface area is 106 Å². The first kappa shape index (κ1) is 14.9. The van der Waals surface area contributed by atoms with Gasteiger partial charge in [0.15, 0.2) is 0 Å². The number of aliphatic hydroxyl groups excluding tert-OH is 1. The molecule has 0 radical (unpaired) electrons. The van der Waals surface area contributed by atoms with Crippen LogP contribution in [0.5, 0.6) is 0 Å². The van der Waals surface area contributed by atoms with E-state index in [1.165, 1.54) is 12.8 Å². The van der Waals surface area contributed by atoms with Gasteiger partial charge >= 0.3 is 0 Å². The van der Waals surface area contributed by atoms with E-state index < -0.39 is 5.60 Å². The highest BCUT2D eigenvalue weighted by molar-refractivity contribution is 4.94. The average Bonchev–Trinajstić information content (AvgIpc) is 2.38. The predicted molar refractivity (Wildman–Crippen MR) is 71.0 cm³/mol. The summed E-state index contributed by atoms with van der Waals surface area (Å²) in [6.45, 7) is 7.08. The lowest BCUT2D eigenvalue weighted by atomic mass is 9.77. The van der Waals surface area contributed by atoms with Crippen LogP contribution < -0.4 is 5.32 Å². The molecule has 0 aromatic carbocycles. The van der Waals surface area contributed by atoms with Crippen molar-refractivity contribution in [1.82, 2.24) is 5.32 Å². The summed E-state index contributed by atoms with van der Waals surface area (Å²) in [6, 6.07) is 0. The summed E-state index contributed by atoms with van der Waals surface area (Å²) in [7, 11) is 0. The smallest absolute Gasteiger partial charge is 0.0766 e. The molecule has 102 valence electrons. The van der Waals surface area contributed by atoms with Crippen LogP contribution in [0.3, 0.4) is 0 Å². The monoisotopic (exact) mass is 243 g/mol. The SMILES string of the molecule is CCC(O)(CC)CNC1(CO)CCC(C)CC1. The molecule has 1 rings (SSSR count). The maximum absolute atomic E-state index is 10.3. The summed E-state index contributed by atoms with van der Waals surface area (Å²) in [6.07, 6.45) is 5.90. The van der Waals surface area contributed by atoms with E-state index in [0.717, 1.165) is 31.6 Å². The van der Waals surface area contributed by atoms with Crippen molar-refractivity contribution in [1.29, 1.82) is 0 Å². The van der Waals surface area contributed by atoms with Gasteiger partial charge in [0.05, 0.1) is 12.2 Å². The fourth-order valence-electron chi connectivity index (χ4n) is 2.56. The van der Waals surface area contributed by atoms with E-state index in [1.807, 2.05) is 13.8 Å². The van der Waals surface area contributed by atoms with Crippen LogP contribution in [0.2, 0.25) is 0 Å². The van der Waals surface area contributed by atoms with Gasteiger partial charge < -0.3 is 15.5 Å². The zero-order valence-corrected chi connectivity index (χ0v) is 11.6. The van der Waals surface area contributed by atoms with Crippen LogP contribution in [0, 0.1) is 5.92 Å². The molecule has 0 aromatic rings. The van der Waals surface area contributed by atoms with Crippen molar-refractivity contribution in [2.45, 2.75) is 70.4 Å². The summed E-state index contributed by atoms with van der Waals surface area (Å²) in [5.74, 6) is 0.771. The number of rotatable bonds is 6. The number of β-amino-alcohol motifs (C(OH)–C–C–N with tert-alkyl or cyclic N) is 1. The van der Waals surface area contributed by atoms with Crippen LogP contribution >= 0.6 is 0 Å². The van der Waals surface area contributed by atoms with Crippen molar-refractivity contribution in [3.8, 4) is 0 Å². The van der Waals surface area contributed by atoms with Crippen molar-refractivity contribution >= 4 is 0 Å². The Morgan fingerprint density at radius 1 is 1.24 bits per heavy atom. The molecule has 3 N–H and O–H groups in total. The Kier molecular flexibility index (Phi) is 5.42. The minimum atomic E-state index is -0.620. The molecule has 1 aliphatic carbocycles. The first-order valence-corrected chi connectivity index (χ1v) is 7.07. The molecule has 0 heterocycles. The standard InChI is InChI=1S/C14H29NO2/c1-4-14(17,5-2)10-15-13(11-16)8-6-12(3)7-9-13/h12,15-17H,4-11H2,1-3H3. The van der Waals surface area contributed by atoms with Gasteiger partial charge in [-0.25, -0.2) is 0 Å². The van der Waals surface area contributed by atoms with Gasteiger partial charge in [-0.2, -0.15) is 0 Å². The van der Waals surface area contributed by atoms with Gasteiger partial charge in [0.1, 0.15) is 0 Å². The molecule has 0 unspecified atom stereocenters. The van der Waals surface area contributed by atoms with Crippen LogP contribution in [-0.2, 0) is 0 Å². The first-order chi connectivity index (χ1) is 7.99. The predicted octanol–water partition coefficient (Wildman–Crippen LogP) is 2.07. The number of nitrogens with one attached hydrogen (secondary N) is 1.